The maximum atomic E-state index is 10.1. The van der Waals surface area contributed by atoms with E-state index in [4.69, 9.17) is 9.57 Å². The molecule has 4 heteroatoms. The number of benzene rings is 1. The third-order valence-corrected chi connectivity index (χ3v) is 4.77. The van der Waals surface area contributed by atoms with Gasteiger partial charge in [-0.05, 0) is 46.6 Å². The maximum Gasteiger partial charge on any atom is 0.123 e. The third kappa shape index (κ3) is 2.87. The minimum absolute atomic E-state index is 0.180. The first-order valence-electron chi connectivity index (χ1n) is 8.13. The van der Waals surface area contributed by atoms with Gasteiger partial charge in [0.2, 0.25) is 0 Å². The van der Waals surface area contributed by atoms with Gasteiger partial charge < -0.3 is 9.84 Å². The lowest BCUT2D eigenvalue weighted by Gasteiger charge is -2.53. The molecule has 0 amide bonds. The van der Waals surface area contributed by atoms with Crippen molar-refractivity contribution in [3.05, 3.63) is 29.8 Å². The molecule has 2 aliphatic rings. The molecule has 1 saturated heterocycles. The summed E-state index contributed by atoms with van der Waals surface area (Å²) in [5.74, 6) is 1.25. The highest BCUT2D eigenvalue weighted by Gasteiger charge is 2.46. The van der Waals surface area contributed by atoms with Gasteiger partial charge in [0.1, 0.15) is 5.75 Å². The second kappa shape index (κ2) is 5.52. The summed E-state index contributed by atoms with van der Waals surface area (Å²) >= 11 is 0. The first-order chi connectivity index (χ1) is 10.3. The highest BCUT2D eigenvalue weighted by molar-refractivity contribution is 5.39. The fraction of sp³-hybridized carbons (Fsp3) is 0.667. The van der Waals surface area contributed by atoms with Crippen molar-refractivity contribution in [2.75, 3.05) is 13.2 Å². The highest BCUT2D eigenvalue weighted by atomic mass is 16.7. The van der Waals surface area contributed by atoms with Crippen molar-refractivity contribution >= 4 is 0 Å². The number of piperidine rings is 1. The summed E-state index contributed by atoms with van der Waals surface area (Å²) in [4.78, 5) is 6.24. The Morgan fingerprint density at radius 2 is 1.82 bits per heavy atom. The molecule has 1 atom stereocenters. The molecule has 0 radical (unpaired) electrons. The highest BCUT2D eigenvalue weighted by Crippen LogP contribution is 2.40. The molecule has 2 heterocycles. The number of aliphatic hydroxyl groups excluding tert-OH is 1. The van der Waals surface area contributed by atoms with Gasteiger partial charge in [-0.2, -0.15) is 5.06 Å². The van der Waals surface area contributed by atoms with Crippen LogP contribution in [0, 0.1) is 0 Å². The minimum atomic E-state index is -0.264. The zero-order valence-corrected chi connectivity index (χ0v) is 14.0. The number of hydrogen-bond acceptors (Lipinski definition) is 4. The second-order valence-corrected chi connectivity index (χ2v) is 7.82. The van der Waals surface area contributed by atoms with E-state index in [0.717, 1.165) is 18.6 Å². The predicted molar refractivity (Wildman–Crippen MR) is 85.9 cm³/mol. The third-order valence-electron chi connectivity index (χ3n) is 4.77. The number of fused-ring (bicyclic) bond motifs is 1. The fourth-order valence-corrected chi connectivity index (χ4v) is 4.09. The average molecular weight is 305 g/mol. The Morgan fingerprint density at radius 3 is 2.50 bits per heavy atom. The van der Waals surface area contributed by atoms with Gasteiger partial charge in [0, 0.05) is 22.6 Å². The van der Waals surface area contributed by atoms with Crippen molar-refractivity contribution in [1.82, 2.24) is 5.06 Å². The molecule has 0 bridgehead atoms. The van der Waals surface area contributed by atoms with Gasteiger partial charge >= 0.3 is 0 Å². The molecule has 4 nitrogen and oxygen atoms in total. The molecule has 0 aliphatic carbocycles. The summed E-state index contributed by atoms with van der Waals surface area (Å²) in [6.07, 6.45) is 1.20. The fourth-order valence-electron chi connectivity index (χ4n) is 4.09. The van der Waals surface area contributed by atoms with Crippen LogP contribution >= 0.6 is 0 Å². The van der Waals surface area contributed by atoms with Gasteiger partial charge in [0.05, 0.1) is 19.3 Å². The van der Waals surface area contributed by atoms with Crippen molar-refractivity contribution in [1.29, 1.82) is 0 Å². The second-order valence-electron chi connectivity index (χ2n) is 7.82. The first kappa shape index (κ1) is 15.8. The Kier molecular flexibility index (Phi) is 3.96. The summed E-state index contributed by atoms with van der Waals surface area (Å²) in [7, 11) is 0. The Morgan fingerprint density at radius 1 is 1.18 bits per heavy atom. The van der Waals surface area contributed by atoms with Crippen molar-refractivity contribution in [3.63, 3.8) is 0 Å². The summed E-state index contributed by atoms with van der Waals surface area (Å²) in [6, 6.07) is 8.18. The molecule has 3 rings (SSSR count). The number of nitrogens with zero attached hydrogens (tertiary/aromatic N) is 1. The van der Waals surface area contributed by atoms with E-state index in [-0.39, 0.29) is 23.1 Å². The molecule has 0 spiro atoms. The quantitative estimate of drug-likeness (QED) is 0.932. The Hall–Kier alpha value is -1.10. The van der Waals surface area contributed by atoms with Crippen LogP contribution in [0.4, 0.5) is 0 Å². The van der Waals surface area contributed by atoms with E-state index in [0.29, 0.717) is 13.2 Å². The first-order valence-corrected chi connectivity index (χ1v) is 8.13. The van der Waals surface area contributed by atoms with Gasteiger partial charge in [-0.1, -0.05) is 18.2 Å². The van der Waals surface area contributed by atoms with Crippen LogP contribution in [0.25, 0.3) is 0 Å². The normalized spacial score (nSPS) is 27.4. The van der Waals surface area contributed by atoms with Crippen LogP contribution in [0.5, 0.6) is 5.75 Å². The van der Waals surface area contributed by atoms with Gasteiger partial charge in [-0.15, -0.1) is 0 Å². The summed E-state index contributed by atoms with van der Waals surface area (Å²) in [6.45, 7) is 9.83. The molecule has 1 N–H and O–H groups in total. The van der Waals surface area contributed by atoms with Crippen LogP contribution < -0.4 is 4.74 Å². The number of hydrogen-bond donors (Lipinski definition) is 1. The van der Waals surface area contributed by atoms with E-state index in [1.807, 2.05) is 18.2 Å². The summed E-state index contributed by atoms with van der Waals surface area (Å²) in [5, 5.41) is 12.2. The van der Waals surface area contributed by atoms with Crippen molar-refractivity contribution in [2.45, 2.75) is 63.6 Å². The predicted octanol–water partition coefficient (Wildman–Crippen LogP) is 3.11. The number of rotatable bonds is 3. The standard InChI is InChI=1S/C18H27NO3/c1-17(2)9-14(20)10-18(3,4)19(17)22-12-13-11-21-16-8-6-5-7-15(13)16/h5-8,13-14,20H,9-12H2,1-4H3. The Balaban J connectivity index is 1.71. The lowest BCUT2D eigenvalue weighted by Crippen LogP contribution is -2.61. The minimum Gasteiger partial charge on any atom is -0.493 e. The van der Waals surface area contributed by atoms with Crippen molar-refractivity contribution in [2.24, 2.45) is 0 Å². The van der Waals surface area contributed by atoms with Crippen LogP contribution in [0.2, 0.25) is 0 Å². The molecule has 1 aromatic rings. The monoisotopic (exact) mass is 305 g/mol. The Bertz CT molecular complexity index is 523. The molecule has 1 unspecified atom stereocenters. The topological polar surface area (TPSA) is 41.9 Å². The Labute approximate surface area is 133 Å². The van der Waals surface area contributed by atoms with Gasteiger partial charge in [-0.3, -0.25) is 4.84 Å². The summed E-state index contributed by atoms with van der Waals surface area (Å²) < 4.78 is 5.73. The van der Waals surface area contributed by atoms with Crippen LogP contribution in [-0.2, 0) is 4.84 Å². The summed E-state index contributed by atoms with van der Waals surface area (Å²) in [5.41, 5.74) is 0.871. The van der Waals surface area contributed by atoms with Crippen LogP contribution in [-0.4, -0.2) is 40.6 Å². The van der Waals surface area contributed by atoms with E-state index < -0.39 is 0 Å². The van der Waals surface area contributed by atoms with E-state index in [9.17, 15) is 5.11 Å². The maximum absolute atomic E-state index is 10.1. The number of para-hydroxylation sites is 1. The molecule has 1 aromatic carbocycles. The van der Waals surface area contributed by atoms with E-state index in [1.54, 1.807) is 0 Å². The molecule has 1 fully saturated rings. The molecule has 2 aliphatic heterocycles. The van der Waals surface area contributed by atoms with Crippen molar-refractivity contribution < 1.29 is 14.7 Å². The number of aliphatic hydroxyl groups is 1. The van der Waals surface area contributed by atoms with Crippen molar-refractivity contribution in [3.8, 4) is 5.75 Å². The van der Waals surface area contributed by atoms with E-state index >= 15 is 0 Å². The largest absolute Gasteiger partial charge is 0.493 e. The SMILES string of the molecule is CC1(C)CC(O)CC(C)(C)N1OCC1COc2ccccc21. The van der Waals surface area contributed by atoms with Crippen LogP contribution in [0.15, 0.2) is 24.3 Å². The lowest BCUT2D eigenvalue weighted by atomic mass is 9.80. The molecule has 0 aromatic heterocycles. The van der Waals surface area contributed by atoms with Gasteiger partial charge in [-0.25, -0.2) is 0 Å². The molecular formula is C18H27NO3. The van der Waals surface area contributed by atoms with E-state index in [1.165, 1.54) is 5.56 Å². The molecule has 0 saturated carbocycles. The van der Waals surface area contributed by atoms with Gasteiger partial charge in [0.25, 0.3) is 0 Å². The van der Waals surface area contributed by atoms with Crippen LogP contribution in [0.1, 0.15) is 52.0 Å². The molecular weight excluding hydrogens is 278 g/mol. The zero-order valence-electron chi connectivity index (χ0n) is 14.0. The number of hydroxylamine groups is 2. The average Bonchev–Trinajstić information content (AvgIpc) is 2.79. The van der Waals surface area contributed by atoms with Gasteiger partial charge in [0.15, 0.2) is 0 Å². The smallest absolute Gasteiger partial charge is 0.123 e. The van der Waals surface area contributed by atoms with E-state index in [2.05, 4.69) is 38.8 Å². The number of ether oxygens (including phenoxy) is 1. The zero-order chi connectivity index (χ0) is 16.0. The molecule has 122 valence electrons. The molecule has 22 heavy (non-hydrogen) atoms. The van der Waals surface area contributed by atoms with Crippen LogP contribution in [0.3, 0.4) is 0 Å². The lowest BCUT2D eigenvalue weighted by molar-refractivity contribution is -0.294.